The van der Waals surface area contributed by atoms with E-state index >= 15 is 0 Å². The number of ether oxygens (including phenoxy) is 1. The maximum Gasteiger partial charge on any atom is 0.337 e. The number of nitrogens with two attached hydrogens (primary N) is 1. The molecule has 1 fully saturated rings. The summed E-state index contributed by atoms with van der Waals surface area (Å²) in [5.74, 6) is 0.550. The minimum absolute atomic E-state index is 0.145. The molecule has 0 aliphatic carbocycles. The standard InChI is InChI=1S/C20H25N5O2S/c1-27-19(26)16-5-2-4-15(12-16)14-28-18-17(6-3-7-23-18)13-24-8-10-25(11-9-24)20(21)22/h2-7,12H,8-11,13-14H2,1H3,(H3,21,22). The molecule has 0 unspecified atom stereocenters. The number of esters is 1. The van der Waals surface area contributed by atoms with Crippen LogP contribution in [0.3, 0.4) is 0 Å². The van der Waals surface area contributed by atoms with Crippen LogP contribution in [0.1, 0.15) is 21.5 Å². The maximum absolute atomic E-state index is 11.7. The predicted octanol–water partition coefficient (Wildman–Crippen LogP) is 2.17. The highest BCUT2D eigenvalue weighted by Crippen LogP contribution is 2.26. The molecular weight excluding hydrogens is 374 g/mol. The Balaban J connectivity index is 1.62. The number of rotatable bonds is 6. The van der Waals surface area contributed by atoms with E-state index < -0.39 is 0 Å². The second kappa shape index (κ2) is 9.57. The van der Waals surface area contributed by atoms with Crippen LogP contribution in [0, 0.1) is 5.41 Å². The van der Waals surface area contributed by atoms with Crippen molar-refractivity contribution in [3.8, 4) is 0 Å². The predicted molar refractivity (Wildman–Crippen MR) is 110 cm³/mol. The molecule has 1 aromatic carbocycles. The van der Waals surface area contributed by atoms with Gasteiger partial charge >= 0.3 is 5.97 Å². The summed E-state index contributed by atoms with van der Waals surface area (Å²) < 4.78 is 4.79. The van der Waals surface area contributed by atoms with Gasteiger partial charge in [-0.2, -0.15) is 0 Å². The largest absolute Gasteiger partial charge is 0.465 e. The number of piperazine rings is 1. The zero-order valence-electron chi connectivity index (χ0n) is 15.9. The Bertz CT molecular complexity index is 837. The zero-order chi connectivity index (χ0) is 19.9. The van der Waals surface area contributed by atoms with E-state index in [1.165, 1.54) is 12.7 Å². The summed E-state index contributed by atoms with van der Waals surface area (Å²) in [4.78, 5) is 20.5. The summed E-state index contributed by atoms with van der Waals surface area (Å²) in [6, 6.07) is 11.6. The van der Waals surface area contributed by atoms with Crippen LogP contribution in [-0.2, 0) is 17.0 Å². The number of aromatic nitrogens is 1. The number of carbonyl (C=O) groups is 1. The molecule has 1 aliphatic heterocycles. The van der Waals surface area contributed by atoms with Crippen molar-refractivity contribution in [1.82, 2.24) is 14.8 Å². The van der Waals surface area contributed by atoms with Gasteiger partial charge in [0.1, 0.15) is 5.03 Å². The second-order valence-electron chi connectivity index (χ2n) is 6.60. The molecule has 0 radical (unpaired) electrons. The lowest BCUT2D eigenvalue weighted by Gasteiger charge is -2.35. The number of nitrogens with zero attached hydrogens (tertiary/aromatic N) is 3. The first-order valence-corrected chi connectivity index (χ1v) is 10.1. The Hall–Kier alpha value is -2.58. The van der Waals surface area contributed by atoms with Crippen LogP contribution in [0.4, 0.5) is 0 Å². The summed E-state index contributed by atoms with van der Waals surface area (Å²) >= 11 is 1.67. The van der Waals surface area contributed by atoms with E-state index in [2.05, 4.69) is 16.0 Å². The van der Waals surface area contributed by atoms with Gasteiger partial charge in [-0.1, -0.05) is 18.2 Å². The van der Waals surface area contributed by atoms with Crippen molar-refractivity contribution in [3.05, 3.63) is 59.3 Å². The number of benzene rings is 1. The Kier molecular flexibility index (Phi) is 6.89. The fourth-order valence-electron chi connectivity index (χ4n) is 3.12. The fraction of sp³-hybridized carbons (Fsp3) is 0.350. The number of guanidine groups is 1. The molecule has 0 atom stereocenters. The summed E-state index contributed by atoms with van der Waals surface area (Å²) in [5.41, 5.74) is 8.37. The number of pyridine rings is 1. The van der Waals surface area contributed by atoms with Crippen molar-refractivity contribution in [2.24, 2.45) is 5.73 Å². The van der Waals surface area contributed by atoms with Crippen LogP contribution in [0.5, 0.6) is 0 Å². The van der Waals surface area contributed by atoms with Crippen molar-refractivity contribution >= 4 is 23.7 Å². The molecule has 0 bridgehead atoms. The van der Waals surface area contributed by atoms with Crippen LogP contribution < -0.4 is 5.73 Å². The summed E-state index contributed by atoms with van der Waals surface area (Å²) in [5, 5.41) is 8.54. The lowest BCUT2D eigenvalue weighted by Crippen LogP contribution is -2.50. The average Bonchev–Trinajstić information content (AvgIpc) is 2.73. The Morgan fingerprint density at radius 3 is 2.75 bits per heavy atom. The van der Waals surface area contributed by atoms with Crippen molar-refractivity contribution < 1.29 is 9.53 Å². The van der Waals surface area contributed by atoms with Crippen LogP contribution in [0.15, 0.2) is 47.6 Å². The minimum atomic E-state index is -0.324. The molecule has 1 saturated heterocycles. The number of methoxy groups -OCH3 is 1. The summed E-state index contributed by atoms with van der Waals surface area (Å²) in [6.45, 7) is 4.13. The molecule has 148 valence electrons. The highest BCUT2D eigenvalue weighted by molar-refractivity contribution is 7.98. The molecule has 0 spiro atoms. The highest BCUT2D eigenvalue weighted by Gasteiger charge is 2.19. The first-order chi connectivity index (χ1) is 13.6. The SMILES string of the molecule is COC(=O)c1cccc(CSc2ncccc2CN2CCN(C(=N)N)CC2)c1. The molecule has 2 heterocycles. The first kappa shape index (κ1) is 20.2. The van der Waals surface area contributed by atoms with Gasteiger partial charge in [0.2, 0.25) is 0 Å². The number of carbonyl (C=O) groups excluding carboxylic acids is 1. The summed E-state index contributed by atoms with van der Waals surface area (Å²) in [6.07, 6.45) is 1.81. The molecule has 3 N–H and O–H groups in total. The van der Waals surface area contributed by atoms with Gasteiger partial charge in [-0.15, -0.1) is 11.8 Å². The Labute approximate surface area is 169 Å². The van der Waals surface area contributed by atoms with E-state index in [9.17, 15) is 4.79 Å². The third-order valence-corrected chi connectivity index (χ3v) is 5.80. The van der Waals surface area contributed by atoms with E-state index in [0.29, 0.717) is 5.56 Å². The van der Waals surface area contributed by atoms with E-state index in [-0.39, 0.29) is 11.9 Å². The smallest absolute Gasteiger partial charge is 0.337 e. The van der Waals surface area contributed by atoms with Gasteiger partial charge in [0.15, 0.2) is 5.96 Å². The van der Waals surface area contributed by atoms with Crippen molar-refractivity contribution in [2.45, 2.75) is 17.3 Å². The van der Waals surface area contributed by atoms with Crippen molar-refractivity contribution in [3.63, 3.8) is 0 Å². The lowest BCUT2D eigenvalue weighted by atomic mass is 10.1. The topological polar surface area (TPSA) is 95.5 Å². The number of nitrogens with one attached hydrogen (secondary N) is 1. The molecular formula is C20H25N5O2S. The molecule has 0 amide bonds. The fourth-order valence-corrected chi connectivity index (χ4v) is 4.06. The van der Waals surface area contributed by atoms with Gasteiger partial charge < -0.3 is 15.4 Å². The molecule has 3 rings (SSSR count). The van der Waals surface area contributed by atoms with E-state index in [1.807, 2.05) is 35.4 Å². The van der Waals surface area contributed by atoms with Crippen LogP contribution in [0.2, 0.25) is 0 Å². The number of hydrogen-bond donors (Lipinski definition) is 2. The molecule has 1 aromatic heterocycles. The average molecular weight is 400 g/mol. The van der Waals surface area contributed by atoms with Gasteiger partial charge in [0.25, 0.3) is 0 Å². The third-order valence-electron chi connectivity index (χ3n) is 4.68. The first-order valence-electron chi connectivity index (χ1n) is 9.12. The van der Waals surface area contributed by atoms with E-state index in [4.69, 9.17) is 15.9 Å². The van der Waals surface area contributed by atoms with Gasteiger partial charge in [-0.05, 0) is 29.3 Å². The maximum atomic E-state index is 11.7. The Morgan fingerprint density at radius 2 is 2.04 bits per heavy atom. The van der Waals surface area contributed by atoms with Gasteiger partial charge in [0.05, 0.1) is 12.7 Å². The summed E-state index contributed by atoms with van der Waals surface area (Å²) in [7, 11) is 1.39. The van der Waals surface area contributed by atoms with E-state index in [0.717, 1.165) is 49.1 Å². The molecule has 8 heteroatoms. The molecule has 2 aromatic rings. The minimum Gasteiger partial charge on any atom is -0.465 e. The lowest BCUT2D eigenvalue weighted by molar-refractivity contribution is 0.0600. The third kappa shape index (κ3) is 5.24. The van der Waals surface area contributed by atoms with E-state index in [1.54, 1.807) is 17.8 Å². The quantitative estimate of drug-likeness (QED) is 0.333. The van der Waals surface area contributed by atoms with Gasteiger partial charge in [-0.25, -0.2) is 9.78 Å². The normalized spacial score (nSPS) is 14.7. The molecule has 1 aliphatic rings. The van der Waals surface area contributed by atoms with Crippen LogP contribution in [0.25, 0.3) is 0 Å². The number of thioether (sulfide) groups is 1. The van der Waals surface area contributed by atoms with Crippen molar-refractivity contribution in [1.29, 1.82) is 5.41 Å². The van der Waals surface area contributed by atoms with Gasteiger partial charge in [-0.3, -0.25) is 10.3 Å². The van der Waals surface area contributed by atoms with Gasteiger partial charge in [0, 0.05) is 44.7 Å². The molecule has 0 saturated carbocycles. The van der Waals surface area contributed by atoms with Crippen molar-refractivity contribution in [2.75, 3.05) is 33.3 Å². The molecule has 28 heavy (non-hydrogen) atoms. The van der Waals surface area contributed by atoms with Crippen LogP contribution in [-0.4, -0.2) is 60.0 Å². The molecule has 7 nitrogen and oxygen atoms in total. The highest BCUT2D eigenvalue weighted by atomic mass is 32.2. The zero-order valence-corrected chi connectivity index (χ0v) is 16.7. The second-order valence-corrected chi connectivity index (χ2v) is 7.56. The monoisotopic (exact) mass is 399 g/mol. The Morgan fingerprint density at radius 1 is 1.25 bits per heavy atom. The number of hydrogen-bond acceptors (Lipinski definition) is 6. The van der Waals surface area contributed by atoms with Crippen LogP contribution >= 0.6 is 11.8 Å².